The highest BCUT2D eigenvalue weighted by atomic mass is 24.3. The predicted octanol–water partition coefficient (Wildman–Crippen LogP) is -1.14. The number of hydrogen-bond acceptors (Lipinski definition) is 2. The van der Waals surface area contributed by atoms with Crippen LogP contribution in [0.5, 0.6) is 0 Å². The minimum atomic E-state index is 0. The van der Waals surface area contributed by atoms with Gasteiger partial charge in [0, 0.05) is 0 Å². The fourth-order valence-electron chi connectivity index (χ4n) is 0.0393. The van der Waals surface area contributed by atoms with Gasteiger partial charge in [-0.2, -0.15) is 0 Å². The number of rotatable bonds is 2. The molecule has 3 heteroatoms. The largest absolute Gasteiger partial charge is 0.316 e. The Balaban J connectivity index is 0. The third-order valence-electron chi connectivity index (χ3n) is 0.192. The molecule has 0 spiro atoms. The van der Waals surface area contributed by atoms with Gasteiger partial charge in [-0.25, -0.2) is 0 Å². The van der Waals surface area contributed by atoms with E-state index in [1.165, 1.54) is 0 Å². The molecule has 0 aliphatic rings. The quantitative estimate of drug-likeness (QED) is 0.248. The van der Waals surface area contributed by atoms with E-state index in [1.807, 2.05) is 0 Å². The van der Waals surface area contributed by atoms with E-state index in [1.54, 1.807) is 0 Å². The minimum absolute atomic E-state index is 0. The van der Waals surface area contributed by atoms with Gasteiger partial charge in [-0.15, -0.1) is 0 Å². The van der Waals surface area contributed by atoms with Crippen molar-refractivity contribution >= 4 is 35.6 Å². The summed E-state index contributed by atoms with van der Waals surface area (Å²) in [5, 5.41) is 0. The average Bonchev–Trinajstić information content (AvgIpc) is 1.41. The van der Waals surface area contributed by atoms with E-state index in [2.05, 4.69) is 0 Å². The second-order valence-electron chi connectivity index (χ2n) is 0.569. The fraction of sp³-hybridized carbons (Fsp3) is 0.333. The highest BCUT2D eigenvalue weighted by Gasteiger charge is 1.65. The molecule has 0 saturated heterocycles. The second-order valence-corrected chi connectivity index (χ2v) is 0.569. The van der Waals surface area contributed by atoms with Crippen LogP contribution in [0.15, 0.2) is 0 Å². The first kappa shape index (κ1) is 9.44. The lowest BCUT2D eigenvalue weighted by Gasteiger charge is -1.53. The predicted molar refractivity (Wildman–Crippen MR) is 25.3 cm³/mol. The van der Waals surface area contributed by atoms with Crippen molar-refractivity contribution in [1.29, 1.82) is 0 Å². The lowest BCUT2D eigenvalue weighted by atomic mass is 10.6. The summed E-state index contributed by atoms with van der Waals surface area (Å²) < 4.78 is 0. The van der Waals surface area contributed by atoms with Crippen LogP contribution in [-0.2, 0) is 9.59 Å². The van der Waals surface area contributed by atoms with Crippen LogP contribution >= 0.6 is 0 Å². The lowest BCUT2D eigenvalue weighted by molar-refractivity contribution is -0.114. The molecule has 32 valence electrons. The van der Waals surface area contributed by atoms with Gasteiger partial charge in [0.05, 0.1) is 6.42 Å². The zero-order valence-corrected chi connectivity index (χ0v) is 2.68. The maximum atomic E-state index is 9.17. The van der Waals surface area contributed by atoms with Crippen LogP contribution in [0.1, 0.15) is 6.42 Å². The summed E-state index contributed by atoms with van der Waals surface area (Å²) in [7, 11) is 0. The molecule has 0 aromatic heterocycles. The van der Waals surface area contributed by atoms with Crippen LogP contribution in [0.2, 0.25) is 0 Å². The van der Waals surface area contributed by atoms with Gasteiger partial charge in [0.2, 0.25) is 0 Å². The monoisotopic (exact) mass is 98.0 g/mol. The topological polar surface area (TPSA) is 34.1 Å². The number of carbonyl (C=O) groups is 2. The Morgan fingerprint density at radius 2 is 1.50 bits per heavy atom. The Morgan fingerprint density at radius 3 is 1.50 bits per heavy atom. The van der Waals surface area contributed by atoms with Crippen molar-refractivity contribution in [2.75, 3.05) is 0 Å². The molecule has 0 aliphatic heterocycles. The van der Waals surface area contributed by atoms with Crippen molar-refractivity contribution < 1.29 is 9.59 Å². The molecule has 0 N–H and O–H groups in total. The van der Waals surface area contributed by atoms with Crippen LogP contribution in [0.25, 0.3) is 0 Å². The molecule has 0 fully saturated rings. The maximum absolute atomic E-state index is 9.17. The summed E-state index contributed by atoms with van der Waals surface area (Å²) in [6.45, 7) is 0. The Morgan fingerprint density at radius 1 is 1.17 bits per heavy atom. The van der Waals surface area contributed by atoms with Gasteiger partial charge in [-0.1, -0.05) is 0 Å². The van der Waals surface area contributed by atoms with E-state index in [9.17, 15) is 9.59 Å². The molecule has 0 aromatic rings. The lowest BCUT2D eigenvalue weighted by Crippen LogP contribution is -1.69. The molecule has 2 nitrogen and oxygen atoms in total. The molecule has 0 heterocycles. The summed E-state index contributed by atoms with van der Waals surface area (Å²) >= 11 is 0. The standard InChI is InChI=1S/C3H4O2.Mg.2H/c4-2-1-3-5;;;/h2-3H,1H2;;;. The first-order valence-corrected chi connectivity index (χ1v) is 1.29. The number of carbonyl (C=O) groups excluding carboxylic acids is 2. The molecule has 6 heavy (non-hydrogen) atoms. The molecule has 0 aromatic carbocycles. The highest BCUT2D eigenvalue weighted by molar-refractivity contribution is 5.75. The molecule has 0 amide bonds. The Bertz CT molecular complexity index is 38.1. The zero-order valence-electron chi connectivity index (χ0n) is 2.68. The molecule has 0 atom stereocenters. The number of hydrogen-bond donors (Lipinski definition) is 0. The third-order valence-corrected chi connectivity index (χ3v) is 0.192. The van der Waals surface area contributed by atoms with E-state index in [0.717, 1.165) is 0 Å². The normalized spacial score (nSPS) is 5.33. The first-order chi connectivity index (χ1) is 2.41. The summed E-state index contributed by atoms with van der Waals surface area (Å²) in [6.07, 6.45) is 1.15. The third kappa shape index (κ3) is 8.93. The van der Waals surface area contributed by atoms with Crippen LogP contribution in [0.3, 0.4) is 0 Å². The smallest absolute Gasteiger partial charge is 0.303 e. The molecular weight excluding hydrogens is 92.3 g/mol. The molecule has 0 bridgehead atoms. The van der Waals surface area contributed by atoms with E-state index in [0.29, 0.717) is 12.6 Å². The van der Waals surface area contributed by atoms with E-state index in [4.69, 9.17) is 0 Å². The molecule has 0 rings (SSSR count). The molecule has 0 unspecified atom stereocenters. The van der Waals surface area contributed by atoms with E-state index in [-0.39, 0.29) is 29.5 Å². The van der Waals surface area contributed by atoms with Gasteiger partial charge in [0.25, 0.3) is 0 Å². The van der Waals surface area contributed by atoms with Gasteiger partial charge in [-0.3, -0.25) is 0 Å². The van der Waals surface area contributed by atoms with Crippen molar-refractivity contribution in [3.05, 3.63) is 0 Å². The molecule has 0 saturated carbocycles. The van der Waals surface area contributed by atoms with Gasteiger partial charge in [-0.05, 0) is 0 Å². The van der Waals surface area contributed by atoms with Crippen LogP contribution in [0, 0.1) is 0 Å². The van der Waals surface area contributed by atoms with Gasteiger partial charge >= 0.3 is 23.1 Å². The summed E-state index contributed by atoms with van der Waals surface area (Å²) in [5.41, 5.74) is 0. The second kappa shape index (κ2) is 8.92. The summed E-state index contributed by atoms with van der Waals surface area (Å²) in [6, 6.07) is 0. The number of aldehydes is 2. The van der Waals surface area contributed by atoms with Crippen LogP contribution in [0.4, 0.5) is 0 Å². The van der Waals surface area contributed by atoms with Crippen molar-refractivity contribution in [2.45, 2.75) is 6.42 Å². The molecule has 0 aliphatic carbocycles. The van der Waals surface area contributed by atoms with Crippen molar-refractivity contribution in [3.8, 4) is 0 Å². The SMILES string of the molecule is O=CCC=O.[MgH2]. The van der Waals surface area contributed by atoms with Gasteiger partial charge < -0.3 is 9.59 Å². The Labute approximate surface area is 52.1 Å². The maximum Gasteiger partial charge on any atom is 0.316 e. The van der Waals surface area contributed by atoms with Crippen molar-refractivity contribution in [2.24, 2.45) is 0 Å². The van der Waals surface area contributed by atoms with Crippen molar-refractivity contribution in [3.63, 3.8) is 0 Å². The minimum Gasteiger partial charge on any atom is -0.303 e. The summed E-state index contributed by atoms with van der Waals surface area (Å²) in [5.74, 6) is 0. The average molecular weight is 98.4 g/mol. The van der Waals surface area contributed by atoms with E-state index < -0.39 is 0 Å². The Hall–Kier alpha value is 0.106. The van der Waals surface area contributed by atoms with Gasteiger partial charge in [0.1, 0.15) is 12.6 Å². The zero-order chi connectivity index (χ0) is 4.12. The van der Waals surface area contributed by atoms with Crippen LogP contribution in [-0.4, -0.2) is 35.6 Å². The van der Waals surface area contributed by atoms with Crippen LogP contribution < -0.4 is 0 Å². The molecule has 0 radical (unpaired) electrons. The summed E-state index contributed by atoms with van der Waals surface area (Å²) in [4.78, 5) is 18.3. The van der Waals surface area contributed by atoms with E-state index >= 15 is 0 Å². The van der Waals surface area contributed by atoms with Crippen molar-refractivity contribution in [1.82, 2.24) is 0 Å². The molecular formula is C3H6MgO2. The van der Waals surface area contributed by atoms with Gasteiger partial charge in [0.15, 0.2) is 0 Å². The highest BCUT2D eigenvalue weighted by Crippen LogP contribution is 1.50. The first-order valence-electron chi connectivity index (χ1n) is 1.29. The fourth-order valence-corrected chi connectivity index (χ4v) is 0.0393. The Kier molecular flexibility index (Phi) is 14.0.